The molecule has 0 saturated carbocycles. The molecule has 4 aromatic heterocycles. The third-order valence-electron chi connectivity index (χ3n) is 12.1. The van der Waals surface area contributed by atoms with Crippen molar-refractivity contribution in [3.63, 3.8) is 0 Å². The van der Waals surface area contributed by atoms with Gasteiger partial charge in [-0.3, -0.25) is 0 Å². The number of aromatic nitrogens is 4. The van der Waals surface area contributed by atoms with Crippen molar-refractivity contribution in [1.29, 1.82) is 0 Å². The van der Waals surface area contributed by atoms with Gasteiger partial charge in [-0.1, -0.05) is 121 Å². The Morgan fingerprint density at radius 1 is 0.390 bits per heavy atom. The molecule has 4 heterocycles. The highest BCUT2D eigenvalue weighted by Crippen LogP contribution is 2.46. The van der Waals surface area contributed by atoms with E-state index in [1.54, 1.807) is 0 Å². The number of para-hydroxylation sites is 3. The van der Waals surface area contributed by atoms with E-state index in [-0.39, 0.29) is 0 Å². The Morgan fingerprint density at radius 2 is 1.07 bits per heavy atom. The molecule has 0 unspecified atom stereocenters. The van der Waals surface area contributed by atoms with Gasteiger partial charge < -0.3 is 13.6 Å². The van der Waals surface area contributed by atoms with Crippen LogP contribution in [0.4, 0.5) is 0 Å². The number of rotatable bonds is 4. The second-order valence-corrected chi connectivity index (χ2v) is 15.3. The first kappa shape index (κ1) is 32.1. The summed E-state index contributed by atoms with van der Waals surface area (Å²) in [6, 6.07) is 68.8. The molecule has 0 radical (unpaired) electrons. The number of hydrogen-bond donors (Lipinski definition) is 0. The van der Waals surface area contributed by atoms with Gasteiger partial charge in [0.25, 0.3) is 0 Å². The molecule has 0 amide bonds. The van der Waals surface area contributed by atoms with Gasteiger partial charge >= 0.3 is 0 Å². The summed E-state index contributed by atoms with van der Waals surface area (Å²) in [5.41, 5.74) is 12.4. The van der Waals surface area contributed by atoms with E-state index in [1.165, 1.54) is 21.5 Å². The van der Waals surface area contributed by atoms with Gasteiger partial charge in [0.15, 0.2) is 5.82 Å². The van der Waals surface area contributed by atoms with Crippen LogP contribution in [0, 0.1) is 0 Å². The summed E-state index contributed by atoms with van der Waals surface area (Å²) >= 11 is 0. The van der Waals surface area contributed by atoms with Crippen molar-refractivity contribution < 1.29 is 4.42 Å². The van der Waals surface area contributed by atoms with Crippen molar-refractivity contribution in [3.8, 4) is 34.0 Å². The molecule has 0 aliphatic rings. The van der Waals surface area contributed by atoms with Crippen LogP contribution in [-0.4, -0.2) is 19.1 Å². The number of furan rings is 1. The van der Waals surface area contributed by atoms with Gasteiger partial charge in [-0.15, -0.1) is 0 Å². The minimum atomic E-state index is 0.695. The fourth-order valence-corrected chi connectivity index (χ4v) is 9.53. The first-order chi connectivity index (χ1) is 29.3. The molecule has 0 saturated heterocycles. The van der Waals surface area contributed by atoms with Crippen LogP contribution in [0.1, 0.15) is 0 Å². The monoisotopic (exact) mass is 752 g/mol. The zero-order valence-corrected chi connectivity index (χ0v) is 31.7. The number of fused-ring (bicyclic) bond motifs is 13. The lowest BCUT2D eigenvalue weighted by Gasteiger charge is -2.13. The molecule has 0 aliphatic heterocycles. The molecular weight excluding hydrogens is 721 g/mol. The van der Waals surface area contributed by atoms with Crippen LogP contribution in [0.2, 0.25) is 0 Å². The van der Waals surface area contributed by atoms with Crippen molar-refractivity contribution in [3.05, 3.63) is 194 Å². The summed E-state index contributed by atoms with van der Waals surface area (Å²) < 4.78 is 11.6. The van der Waals surface area contributed by atoms with Crippen molar-refractivity contribution >= 4 is 87.2 Å². The topological polar surface area (TPSA) is 48.8 Å². The van der Waals surface area contributed by atoms with Crippen molar-refractivity contribution in [1.82, 2.24) is 19.1 Å². The Bertz CT molecular complexity index is 3830. The third-order valence-corrected chi connectivity index (χ3v) is 12.1. The van der Waals surface area contributed by atoms with E-state index < -0.39 is 0 Å². The molecular formula is C54H32N4O. The minimum Gasteiger partial charge on any atom is -0.455 e. The number of hydrogen-bond acceptors (Lipinski definition) is 3. The molecule has 59 heavy (non-hydrogen) atoms. The quantitative estimate of drug-likeness (QED) is 0.180. The normalized spacial score (nSPS) is 12.1. The standard InChI is InChI=1S/C54H32N4O/c1-2-14-34(15-3-1)51-40-19-6-9-21-43(40)55-54(56-51)35-25-27-36(28-26-35)57-47-31-29-39-38-18-8-11-24-48(38)59-53(39)50(47)42-30-32-46-49(52(42)57)41-20-7-10-22-45(41)58(46)44-23-12-16-33-13-4-5-17-37(33)44/h1-32H. The van der Waals surface area contributed by atoms with Crippen LogP contribution in [0.15, 0.2) is 199 Å². The smallest absolute Gasteiger partial charge is 0.160 e. The summed E-state index contributed by atoms with van der Waals surface area (Å²) in [6.45, 7) is 0. The summed E-state index contributed by atoms with van der Waals surface area (Å²) in [5, 5.41) is 10.3. The van der Waals surface area contributed by atoms with Crippen molar-refractivity contribution in [2.75, 3.05) is 0 Å². The molecule has 13 rings (SSSR count). The second kappa shape index (κ2) is 12.2. The van der Waals surface area contributed by atoms with E-state index in [4.69, 9.17) is 14.4 Å². The SMILES string of the molecule is c1ccc(-c2nc(-c3ccc(-n4c5ccc6c7ccccc7oc6c5c5ccc6c(c7ccccc7n6-c6cccc7ccccc67)c54)cc3)nc3ccccc23)cc1. The fourth-order valence-electron chi connectivity index (χ4n) is 9.53. The summed E-state index contributed by atoms with van der Waals surface area (Å²) in [6.07, 6.45) is 0. The highest BCUT2D eigenvalue weighted by molar-refractivity contribution is 6.31. The van der Waals surface area contributed by atoms with Gasteiger partial charge in [0.05, 0.1) is 44.4 Å². The Kier molecular flexibility index (Phi) is 6.66. The van der Waals surface area contributed by atoms with Crippen molar-refractivity contribution in [2.24, 2.45) is 0 Å². The van der Waals surface area contributed by atoms with E-state index in [2.05, 4.69) is 179 Å². The maximum atomic E-state index is 6.77. The van der Waals surface area contributed by atoms with Gasteiger partial charge in [0.1, 0.15) is 11.2 Å². The van der Waals surface area contributed by atoms with Gasteiger partial charge in [-0.2, -0.15) is 0 Å². The fraction of sp³-hybridized carbons (Fsp3) is 0. The largest absolute Gasteiger partial charge is 0.455 e. The summed E-state index contributed by atoms with van der Waals surface area (Å²) in [5.74, 6) is 0.695. The summed E-state index contributed by atoms with van der Waals surface area (Å²) in [4.78, 5) is 10.3. The molecule has 0 atom stereocenters. The number of benzene rings is 9. The zero-order chi connectivity index (χ0) is 38.6. The average molecular weight is 753 g/mol. The van der Waals surface area contributed by atoms with Crippen LogP contribution in [0.5, 0.6) is 0 Å². The van der Waals surface area contributed by atoms with Crippen molar-refractivity contribution in [2.45, 2.75) is 0 Å². The first-order valence-electron chi connectivity index (χ1n) is 20.0. The maximum Gasteiger partial charge on any atom is 0.160 e. The van der Waals surface area contributed by atoms with Crippen LogP contribution >= 0.6 is 0 Å². The Hall–Kier alpha value is -8.02. The van der Waals surface area contributed by atoms with Gasteiger partial charge in [-0.25, -0.2) is 9.97 Å². The molecule has 5 heteroatoms. The summed E-state index contributed by atoms with van der Waals surface area (Å²) in [7, 11) is 0. The Labute approximate surface area is 337 Å². The van der Waals surface area contributed by atoms with E-state index in [9.17, 15) is 0 Å². The van der Waals surface area contributed by atoms with E-state index in [1.807, 2.05) is 24.3 Å². The molecule has 0 aliphatic carbocycles. The third kappa shape index (κ3) is 4.61. The van der Waals surface area contributed by atoms with Crippen LogP contribution in [0.25, 0.3) is 121 Å². The van der Waals surface area contributed by atoms with Gasteiger partial charge in [0, 0.05) is 54.5 Å². The van der Waals surface area contributed by atoms with Gasteiger partial charge in [0.2, 0.25) is 0 Å². The Balaban J connectivity index is 1.11. The molecule has 9 aromatic carbocycles. The molecule has 0 spiro atoms. The van der Waals surface area contributed by atoms with Crippen LogP contribution in [-0.2, 0) is 0 Å². The maximum absolute atomic E-state index is 6.77. The lowest BCUT2D eigenvalue weighted by Crippen LogP contribution is -1.97. The minimum absolute atomic E-state index is 0.695. The predicted molar refractivity (Wildman–Crippen MR) is 244 cm³/mol. The first-order valence-corrected chi connectivity index (χ1v) is 20.0. The molecule has 0 N–H and O–H groups in total. The van der Waals surface area contributed by atoms with E-state index >= 15 is 0 Å². The van der Waals surface area contributed by atoms with Crippen LogP contribution in [0.3, 0.4) is 0 Å². The van der Waals surface area contributed by atoms with E-state index in [0.717, 1.165) is 93.9 Å². The molecule has 0 bridgehead atoms. The van der Waals surface area contributed by atoms with Gasteiger partial charge in [-0.05, 0) is 78.2 Å². The second-order valence-electron chi connectivity index (χ2n) is 15.3. The number of nitrogens with zero attached hydrogens (tertiary/aromatic N) is 4. The molecule has 5 nitrogen and oxygen atoms in total. The molecule has 0 fully saturated rings. The molecule has 13 aromatic rings. The zero-order valence-electron chi connectivity index (χ0n) is 31.7. The lowest BCUT2D eigenvalue weighted by atomic mass is 10.1. The Morgan fingerprint density at radius 3 is 1.93 bits per heavy atom. The highest BCUT2D eigenvalue weighted by Gasteiger charge is 2.24. The average Bonchev–Trinajstić information content (AvgIpc) is 3.96. The van der Waals surface area contributed by atoms with Crippen LogP contribution < -0.4 is 0 Å². The highest BCUT2D eigenvalue weighted by atomic mass is 16.3. The van der Waals surface area contributed by atoms with E-state index in [0.29, 0.717) is 5.82 Å². The molecule has 274 valence electrons. The lowest BCUT2D eigenvalue weighted by molar-refractivity contribution is 0.673. The predicted octanol–water partition coefficient (Wildman–Crippen LogP) is 14.2.